The summed E-state index contributed by atoms with van der Waals surface area (Å²) in [7, 11) is 1.64. The minimum Gasteiger partial charge on any atom is -0.497 e. The van der Waals surface area contributed by atoms with E-state index in [9.17, 15) is 9.59 Å². The number of amides is 1. The van der Waals surface area contributed by atoms with Crippen LogP contribution < -0.4 is 15.0 Å². The van der Waals surface area contributed by atoms with Gasteiger partial charge in [0, 0.05) is 37.0 Å². The first-order valence-corrected chi connectivity index (χ1v) is 11.0. The Bertz CT molecular complexity index is 1230. The van der Waals surface area contributed by atoms with Gasteiger partial charge in [0.05, 0.1) is 24.5 Å². The Balaban J connectivity index is 1.66. The summed E-state index contributed by atoms with van der Waals surface area (Å²) in [5, 5.41) is 3.52. The highest BCUT2D eigenvalue weighted by Crippen LogP contribution is 2.47. The molecular weight excluding hydrogens is 414 g/mol. The third kappa shape index (κ3) is 3.78. The predicted octanol–water partition coefficient (Wildman–Crippen LogP) is 5.01. The van der Waals surface area contributed by atoms with Gasteiger partial charge in [0.1, 0.15) is 5.75 Å². The molecule has 0 fully saturated rings. The lowest BCUT2D eigenvalue weighted by Crippen LogP contribution is -2.37. The summed E-state index contributed by atoms with van der Waals surface area (Å²) in [6.45, 7) is 1.54. The molecule has 2 heterocycles. The average Bonchev–Trinajstić information content (AvgIpc) is 2.99. The number of fused-ring (bicyclic) bond motifs is 1. The number of methoxy groups -OCH3 is 1. The van der Waals surface area contributed by atoms with E-state index in [2.05, 4.69) is 10.3 Å². The molecule has 2 atom stereocenters. The van der Waals surface area contributed by atoms with Gasteiger partial charge in [-0.05, 0) is 53.8 Å². The number of nitrogens with one attached hydrogen (secondary N) is 1. The number of allylic oxidation sites excluding steroid dienone is 1. The molecule has 1 aliphatic carbocycles. The van der Waals surface area contributed by atoms with Crippen molar-refractivity contribution in [3.8, 4) is 5.75 Å². The van der Waals surface area contributed by atoms with E-state index in [-0.39, 0.29) is 17.6 Å². The van der Waals surface area contributed by atoms with Crippen LogP contribution in [0.5, 0.6) is 5.75 Å². The van der Waals surface area contributed by atoms with Gasteiger partial charge in [0.2, 0.25) is 5.91 Å². The molecule has 1 amide bonds. The molecule has 3 aromatic rings. The summed E-state index contributed by atoms with van der Waals surface area (Å²) in [4.78, 5) is 32.7. The largest absolute Gasteiger partial charge is 0.497 e. The van der Waals surface area contributed by atoms with Gasteiger partial charge in [-0.25, -0.2) is 0 Å². The molecule has 0 saturated carbocycles. The van der Waals surface area contributed by atoms with Gasteiger partial charge >= 0.3 is 0 Å². The van der Waals surface area contributed by atoms with E-state index in [0.717, 1.165) is 33.9 Å². The Morgan fingerprint density at radius 2 is 1.82 bits per heavy atom. The van der Waals surface area contributed by atoms with Crippen LogP contribution in [0, 0.1) is 0 Å². The molecule has 0 spiro atoms. The Morgan fingerprint density at radius 3 is 2.52 bits per heavy atom. The van der Waals surface area contributed by atoms with Crippen molar-refractivity contribution in [1.29, 1.82) is 0 Å². The van der Waals surface area contributed by atoms with E-state index in [1.54, 1.807) is 31.3 Å². The van der Waals surface area contributed by atoms with Crippen LogP contribution in [-0.2, 0) is 9.59 Å². The Kier molecular flexibility index (Phi) is 5.42. The van der Waals surface area contributed by atoms with Crippen LogP contribution in [0.25, 0.3) is 0 Å². The van der Waals surface area contributed by atoms with E-state index >= 15 is 0 Å². The fourth-order valence-corrected chi connectivity index (χ4v) is 4.90. The third-order valence-corrected chi connectivity index (χ3v) is 6.42. The first kappa shape index (κ1) is 20.9. The second kappa shape index (κ2) is 8.54. The molecule has 2 aromatic carbocycles. The van der Waals surface area contributed by atoms with Crippen molar-refractivity contribution in [3.05, 3.63) is 95.5 Å². The average molecular weight is 440 g/mol. The van der Waals surface area contributed by atoms with Gasteiger partial charge in [0.25, 0.3) is 0 Å². The fourth-order valence-electron chi connectivity index (χ4n) is 4.90. The van der Waals surface area contributed by atoms with Gasteiger partial charge in [-0.15, -0.1) is 0 Å². The zero-order valence-corrected chi connectivity index (χ0v) is 18.6. The Labute approximate surface area is 192 Å². The van der Waals surface area contributed by atoms with E-state index < -0.39 is 6.04 Å². The number of carbonyl (C=O) groups excluding carboxylic acids is 2. The molecule has 0 unspecified atom stereocenters. The standard InChI is InChI=1S/C27H25N3O3/c1-17(31)30-24-8-4-3-7-22(24)29-23-14-20(18-9-11-21(33-2)12-10-18)15-25(32)26(23)27(30)19-6-5-13-28-16-19/h3-13,16,20,27,29H,14-15H2,1-2H3/t20-,27+/m1/s1. The van der Waals surface area contributed by atoms with E-state index in [1.165, 1.54) is 0 Å². The maximum absolute atomic E-state index is 13.7. The lowest BCUT2D eigenvalue weighted by atomic mass is 9.78. The number of para-hydroxylation sites is 2. The van der Waals surface area contributed by atoms with Crippen molar-refractivity contribution in [2.24, 2.45) is 0 Å². The minimum atomic E-state index is -0.535. The molecule has 5 rings (SSSR count). The van der Waals surface area contributed by atoms with E-state index in [4.69, 9.17) is 4.74 Å². The smallest absolute Gasteiger partial charge is 0.224 e. The van der Waals surface area contributed by atoms with Gasteiger partial charge in [-0.3, -0.25) is 19.5 Å². The molecule has 6 nitrogen and oxygen atoms in total. The van der Waals surface area contributed by atoms with Crippen LogP contribution in [0.3, 0.4) is 0 Å². The number of aromatic nitrogens is 1. The molecule has 0 bridgehead atoms. The van der Waals surface area contributed by atoms with Gasteiger partial charge < -0.3 is 10.1 Å². The van der Waals surface area contributed by atoms with Crippen molar-refractivity contribution in [2.45, 2.75) is 31.7 Å². The monoisotopic (exact) mass is 439 g/mol. The molecule has 0 radical (unpaired) electrons. The molecule has 2 aliphatic rings. The quantitative estimate of drug-likeness (QED) is 0.621. The molecule has 1 aliphatic heterocycles. The lowest BCUT2D eigenvalue weighted by Gasteiger charge is -2.34. The number of carbonyl (C=O) groups is 2. The first-order chi connectivity index (χ1) is 16.1. The van der Waals surface area contributed by atoms with Crippen LogP contribution in [0.15, 0.2) is 84.3 Å². The van der Waals surface area contributed by atoms with Gasteiger partial charge in [-0.1, -0.05) is 30.3 Å². The van der Waals surface area contributed by atoms with Crippen molar-refractivity contribution < 1.29 is 14.3 Å². The van der Waals surface area contributed by atoms with Crippen molar-refractivity contribution in [1.82, 2.24) is 4.98 Å². The zero-order chi connectivity index (χ0) is 22.9. The zero-order valence-electron chi connectivity index (χ0n) is 18.6. The number of hydrogen-bond acceptors (Lipinski definition) is 5. The number of anilines is 2. The first-order valence-electron chi connectivity index (χ1n) is 11.0. The Hall–Kier alpha value is -3.93. The highest BCUT2D eigenvalue weighted by molar-refractivity contribution is 6.05. The number of ketones is 1. The molecule has 6 heteroatoms. The van der Waals surface area contributed by atoms with E-state index in [0.29, 0.717) is 18.4 Å². The SMILES string of the molecule is COc1ccc([C@H]2CC(=O)C3=C(C2)Nc2ccccc2N(C(C)=O)[C@H]3c2cccnc2)cc1. The van der Waals surface area contributed by atoms with Crippen LogP contribution in [-0.4, -0.2) is 23.8 Å². The van der Waals surface area contributed by atoms with Gasteiger partial charge in [-0.2, -0.15) is 0 Å². The number of nitrogens with zero attached hydrogens (tertiary/aromatic N) is 2. The molecule has 1 aromatic heterocycles. The van der Waals surface area contributed by atoms with Crippen LogP contribution >= 0.6 is 0 Å². The summed E-state index contributed by atoms with van der Waals surface area (Å²) in [5.41, 5.74) is 4.97. The number of pyridine rings is 1. The summed E-state index contributed by atoms with van der Waals surface area (Å²) in [5.74, 6) is 0.741. The van der Waals surface area contributed by atoms with E-state index in [1.807, 2.05) is 60.7 Å². The predicted molar refractivity (Wildman–Crippen MR) is 127 cm³/mol. The number of ether oxygens (including phenoxy) is 1. The summed E-state index contributed by atoms with van der Waals surface area (Å²) >= 11 is 0. The highest BCUT2D eigenvalue weighted by Gasteiger charge is 2.40. The van der Waals surface area contributed by atoms with Crippen molar-refractivity contribution >= 4 is 23.1 Å². The maximum atomic E-state index is 13.7. The maximum Gasteiger partial charge on any atom is 0.224 e. The molecule has 1 N–H and O–H groups in total. The van der Waals surface area contributed by atoms with Crippen molar-refractivity contribution in [3.63, 3.8) is 0 Å². The molecule has 166 valence electrons. The molecular formula is C27H25N3O3. The lowest BCUT2D eigenvalue weighted by molar-refractivity contribution is -0.117. The number of rotatable bonds is 3. The van der Waals surface area contributed by atoms with Crippen LogP contribution in [0.2, 0.25) is 0 Å². The number of benzene rings is 2. The second-order valence-corrected chi connectivity index (χ2v) is 8.41. The topological polar surface area (TPSA) is 71.5 Å². The molecule has 33 heavy (non-hydrogen) atoms. The number of hydrogen-bond donors (Lipinski definition) is 1. The molecule has 0 saturated heterocycles. The number of Topliss-reactive ketones (excluding diaryl/α,β-unsaturated/α-hetero) is 1. The summed E-state index contributed by atoms with van der Waals surface area (Å²) in [6, 6.07) is 18.8. The van der Waals surface area contributed by atoms with Crippen molar-refractivity contribution in [2.75, 3.05) is 17.3 Å². The minimum absolute atomic E-state index is 0.0393. The Morgan fingerprint density at radius 1 is 1.03 bits per heavy atom. The van der Waals surface area contributed by atoms with Crippen LogP contribution in [0.4, 0.5) is 11.4 Å². The normalized spacial score (nSPS) is 19.8. The van der Waals surface area contributed by atoms with Crippen LogP contribution in [0.1, 0.15) is 42.9 Å². The summed E-state index contributed by atoms with van der Waals surface area (Å²) in [6.07, 6.45) is 4.49. The summed E-state index contributed by atoms with van der Waals surface area (Å²) < 4.78 is 5.28. The highest BCUT2D eigenvalue weighted by atomic mass is 16.5. The van der Waals surface area contributed by atoms with Gasteiger partial charge in [0.15, 0.2) is 5.78 Å². The fraction of sp³-hybridized carbons (Fsp3) is 0.222. The third-order valence-electron chi connectivity index (χ3n) is 6.42. The second-order valence-electron chi connectivity index (χ2n) is 8.41.